The van der Waals surface area contributed by atoms with Crippen molar-refractivity contribution in [1.29, 1.82) is 0 Å². The molecule has 5 nitrogen and oxygen atoms in total. The Balaban J connectivity index is 2.02. The molecule has 3 rings (SSSR count). The van der Waals surface area contributed by atoms with E-state index in [0.29, 0.717) is 10.7 Å². The first-order valence-corrected chi connectivity index (χ1v) is 7.01. The van der Waals surface area contributed by atoms with E-state index in [1.54, 1.807) is 13.2 Å². The summed E-state index contributed by atoms with van der Waals surface area (Å²) in [6, 6.07) is 3.77. The number of methoxy groups -OCH3 is 1. The molecule has 0 bridgehead atoms. The lowest BCUT2D eigenvalue weighted by atomic mass is 10.1. The van der Waals surface area contributed by atoms with Gasteiger partial charge >= 0.3 is 0 Å². The number of ether oxygens (including phenoxy) is 2. The molecule has 20 heavy (non-hydrogen) atoms. The summed E-state index contributed by atoms with van der Waals surface area (Å²) in [5.74, 6) is 1.10. The number of hydrogen-bond donors (Lipinski definition) is 1. The maximum atomic E-state index is 11.6. The number of amides is 2. The van der Waals surface area contributed by atoms with Gasteiger partial charge in [-0.2, -0.15) is 0 Å². The van der Waals surface area contributed by atoms with Gasteiger partial charge in [-0.05, 0) is 36.9 Å². The van der Waals surface area contributed by atoms with Crippen LogP contribution in [-0.2, 0) is 11.2 Å². The lowest BCUT2D eigenvalue weighted by molar-refractivity contribution is -0.115. The van der Waals surface area contributed by atoms with Crippen LogP contribution in [0.3, 0.4) is 0 Å². The Labute approximate surface area is 120 Å². The van der Waals surface area contributed by atoms with Gasteiger partial charge in [0.15, 0.2) is 0 Å². The Morgan fingerprint density at radius 1 is 1.45 bits per heavy atom. The van der Waals surface area contributed by atoms with E-state index in [1.807, 2.05) is 19.1 Å². The fraction of sp³-hybridized carbons (Fsp3) is 0.286. The normalized spacial score (nSPS) is 22.7. The minimum absolute atomic E-state index is 0.142. The van der Waals surface area contributed by atoms with E-state index in [1.165, 1.54) is 0 Å². The topological polar surface area (TPSA) is 64.6 Å². The maximum absolute atomic E-state index is 11.6. The number of carbonyl (C=O) groups excluding carboxylic acids is 2. The molecule has 104 valence electrons. The first kappa shape index (κ1) is 13.1. The van der Waals surface area contributed by atoms with Gasteiger partial charge in [-0.3, -0.25) is 14.9 Å². The second-order valence-electron chi connectivity index (χ2n) is 4.69. The van der Waals surface area contributed by atoms with Crippen molar-refractivity contribution in [3.63, 3.8) is 0 Å². The standard InChI is InChI=1S/C14H13NO4S/c1-7-3-8-4-10(18-2)9(5-11(8)19-7)6-12-13(16)15-14(17)20-12/h4-7H,3H2,1-2H3,(H,15,16,17). The Kier molecular flexibility index (Phi) is 3.17. The molecule has 0 aliphatic carbocycles. The van der Waals surface area contributed by atoms with Crippen LogP contribution in [0.2, 0.25) is 0 Å². The molecule has 1 fully saturated rings. The summed E-state index contributed by atoms with van der Waals surface area (Å²) < 4.78 is 11.1. The molecule has 1 atom stereocenters. The third-order valence-corrected chi connectivity index (χ3v) is 3.99. The summed E-state index contributed by atoms with van der Waals surface area (Å²) in [6.45, 7) is 2.00. The summed E-state index contributed by atoms with van der Waals surface area (Å²) in [6.07, 6.45) is 2.63. The number of rotatable bonds is 2. The highest BCUT2D eigenvalue weighted by Gasteiger charge is 2.26. The van der Waals surface area contributed by atoms with Gasteiger partial charge in [0.25, 0.3) is 11.1 Å². The minimum Gasteiger partial charge on any atom is -0.496 e. The Hall–Kier alpha value is -1.95. The third kappa shape index (κ3) is 2.27. The van der Waals surface area contributed by atoms with Crippen molar-refractivity contribution < 1.29 is 19.1 Å². The number of benzene rings is 1. The molecule has 0 saturated carbocycles. The van der Waals surface area contributed by atoms with Crippen molar-refractivity contribution in [3.05, 3.63) is 28.2 Å². The Morgan fingerprint density at radius 3 is 2.90 bits per heavy atom. The first-order chi connectivity index (χ1) is 9.56. The predicted molar refractivity (Wildman–Crippen MR) is 75.9 cm³/mol. The highest BCUT2D eigenvalue weighted by atomic mass is 32.2. The number of thioether (sulfide) groups is 1. The molecular formula is C14H13NO4S. The second-order valence-corrected chi connectivity index (χ2v) is 5.70. The Morgan fingerprint density at radius 2 is 2.25 bits per heavy atom. The van der Waals surface area contributed by atoms with Gasteiger partial charge in [-0.1, -0.05) is 0 Å². The van der Waals surface area contributed by atoms with Crippen molar-refractivity contribution in [2.45, 2.75) is 19.4 Å². The van der Waals surface area contributed by atoms with Crippen LogP contribution < -0.4 is 14.8 Å². The monoisotopic (exact) mass is 291 g/mol. The smallest absolute Gasteiger partial charge is 0.290 e. The van der Waals surface area contributed by atoms with Crippen molar-refractivity contribution in [2.75, 3.05) is 7.11 Å². The van der Waals surface area contributed by atoms with Gasteiger partial charge in [0.05, 0.1) is 12.0 Å². The summed E-state index contributed by atoms with van der Waals surface area (Å²) in [5, 5.41) is 1.87. The zero-order chi connectivity index (χ0) is 14.3. The molecule has 1 unspecified atom stereocenters. The lowest BCUT2D eigenvalue weighted by Crippen LogP contribution is -2.17. The molecule has 1 saturated heterocycles. The van der Waals surface area contributed by atoms with Crippen LogP contribution in [0.25, 0.3) is 6.08 Å². The zero-order valence-electron chi connectivity index (χ0n) is 11.1. The zero-order valence-corrected chi connectivity index (χ0v) is 11.9. The number of carbonyl (C=O) groups is 2. The summed E-state index contributed by atoms with van der Waals surface area (Å²) in [7, 11) is 1.58. The highest BCUT2D eigenvalue weighted by Crippen LogP contribution is 2.37. The predicted octanol–water partition coefficient (Wildman–Crippen LogP) is 2.34. The van der Waals surface area contributed by atoms with E-state index in [2.05, 4.69) is 5.32 Å². The number of nitrogens with one attached hydrogen (secondary N) is 1. The first-order valence-electron chi connectivity index (χ1n) is 6.19. The summed E-state index contributed by atoms with van der Waals surface area (Å²) in [5.41, 5.74) is 1.82. The lowest BCUT2D eigenvalue weighted by Gasteiger charge is -2.08. The number of fused-ring (bicyclic) bond motifs is 1. The number of imide groups is 1. The van der Waals surface area contributed by atoms with Crippen molar-refractivity contribution in [1.82, 2.24) is 5.32 Å². The molecule has 2 amide bonds. The van der Waals surface area contributed by atoms with E-state index in [9.17, 15) is 9.59 Å². The van der Waals surface area contributed by atoms with Crippen molar-refractivity contribution >= 4 is 29.0 Å². The SMILES string of the molecule is COc1cc2c(cc1C=C1SC(=O)NC1=O)OC(C)C2. The molecule has 0 radical (unpaired) electrons. The van der Waals surface area contributed by atoms with E-state index in [0.717, 1.165) is 35.1 Å². The largest absolute Gasteiger partial charge is 0.496 e. The fourth-order valence-corrected chi connectivity index (χ4v) is 2.98. The van der Waals surface area contributed by atoms with Crippen LogP contribution in [0.4, 0.5) is 4.79 Å². The molecule has 1 N–H and O–H groups in total. The molecule has 0 aromatic heterocycles. The van der Waals surface area contributed by atoms with Gasteiger partial charge in [-0.15, -0.1) is 0 Å². The van der Waals surface area contributed by atoms with Gasteiger partial charge in [0, 0.05) is 17.5 Å². The summed E-state index contributed by atoms with van der Waals surface area (Å²) >= 11 is 0.887. The fourth-order valence-electron chi connectivity index (χ4n) is 2.31. The van der Waals surface area contributed by atoms with Gasteiger partial charge in [-0.25, -0.2) is 0 Å². The van der Waals surface area contributed by atoms with Crippen LogP contribution in [0.15, 0.2) is 17.0 Å². The highest BCUT2D eigenvalue weighted by molar-refractivity contribution is 8.18. The molecule has 2 aliphatic heterocycles. The van der Waals surface area contributed by atoms with E-state index in [-0.39, 0.29) is 17.3 Å². The molecule has 2 aliphatic rings. The van der Waals surface area contributed by atoms with Crippen LogP contribution in [0.5, 0.6) is 11.5 Å². The van der Waals surface area contributed by atoms with Crippen LogP contribution in [-0.4, -0.2) is 24.4 Å². The van der Waals surface area contributed by atoms with E-state index in [4.69, 9.17) is 9.47 Å². The van der Waals surface area contributed by atoms with Crippen molar-refractivity contribution in [2.24, 2.45) is 0 Å². The average Bonchev–Trinajstić information content (AvgIpc) is 2.90. The van der Waals surface area contributed by atoms with E-state index < -0.39 is 0 Å². The number of hydrogen-bond acceptors (Lipinski definition) is 5. The van der Waals surface area contributed by atoms with E-state index >= 15 is 0 Å². The van der Waals surface area contributed by atoms with Crippen molar-refractivity contribution in [3.8, 4) is 11.5 Å². The molecule has 2 heterocycles. The minimum atomic E-state index is -0.378. The molecule has 1 aromatic rings. The van der Waals surface area contributed by atoms with Crippen LogP contribution in [0, 0.1) is 0 Å². The maximum Gasteiger partial charge on any atom is 0.290 e. The van der Waals surface area contributed by atoms with Gasteiger partial charge < -0.3 is 9.47 Å². The molecule has 1 aromatic carbocycles. The molecule has 0 spiro atoms. The van der Waals surface area contributed by atoms with Crippen LogP contribution in [0.1, 0.15) is 18.1 Å². The third-order valence-electron chi connectivity index (χ3n) is 3.18. The van der Waals surface area contributed by atoms with Gasteiger partial charge in [0.1, 0.15) is 17.6 Å². The average molecular weight is 291 g/mol. The Bertz CT molecular complexity index is 638. The molecule has 6 heteroatoms. The summed E-state index contributed by atoms with van der Waals surface area (Å²) in [4.78, 5) is 23.1. The van der Waals surface area contributed by atoms with Gasteiger partial charge in [0.2, 0.25) is 0 Å². The second kappa shape index (κ2) is 4.86. The van der Waals surface area contributed by atoms with Crippen LogP contribution >= 0.6 is 11.8 Å². The molecular weight excluding hydrogens is 278 g/mol. The quantitative estimate of drug-likeness (QED) is 0.847.